The number of hydrogen-bond acceptors (Lipinski definition) is 4. The second kappa shape index (κ2) is 4.28. The van der Waals surface area contributed by atoms with Crippen molar-refractivity contribution in [1.29, 1.82) is 0 Å². The van der Waals surface area contributed by atoms with Crippen molar-refractivity contribution in [3.8, 4) is 0 Å². The Morgan fingerprint density at radius 3 is 2.33 bits per heavy atom. The van der Waals surface area contributed by atoms with Gasteiger partial charge in [0.1, 0.15) is 12.2 Å². The minimum absolute atomic E-state index is 0.161. The number of fused-ring (bicyclic) bond motifs is 2. The second-order valence-electron chi connectivity index (χ2n) is 4.01. The Hall–Kier alpha value is -0.940. The van der Waals surface area contributed by atoms with Crippen molar-refractivity contribution in [1.82, 2.24) is 4.90 Å². The number of imide groups is 1. The van der Waals surface area contributed by atoms with Crippen LogP contribution in [0.15, 0.2) is 0 Å². The van der Waals surface area contributed by atoms with Gasteiger partial charge < -0.3 is 10.5 Å². The molecule has 15 heavy (non-hydrogen) atoms. The fourth-order valence-corrected chi connectivity index (χ4v) is 2.09. The van der Waals surface area contributed by atoms with Crippen molar-refractivity contribution < 1.29 is 14.3 Å². The normalized spacial score (nSPS) is 30.1. The molecule has 2 aliphatic heterocycles. The average Bonchev–Trinajstić information content (AvgIpc) is 2.67. The van der Waals surface area contributed by atoms with Crippen LogP contribution in [0.5, 0.6) is 0 Å². The molecule has 0 radical (unpaired) electrons. The number of nitrogens with two attached hydrogens (primary N) is 1. The van der Waals surface area contributed by atoms with Gasteiger partial charge in [0.05, 0.1) is 0 Å². The number of rotatable bonds is 4. The minimum atomic E-state index is -0.370. The number of likely N-dealkylation sites (tertiary alicyclic amines) is 1. The summed E-state index contributed by atoms with van der Waals surface area (Å²) in [4.78, 5) is 24.8. The number of amides is 2. The van der Waals surface area contributed by atoms with Crippen LogP contribution in [0.2, 0.25) is 0 Å². The zero-order valence-electron chi connectivity index (χ0n) is 8.65. The van der Waals surface area contributed by atoms with E-state index in [1.807, 2.05) is 0 Å². The van der Waals surface area contributed by atoms with Crippen LogP contribution in [0.4, 0.5) is 0 Å². The maximum absolute atomic E-state index is 11.7. The molecule has 5 nitrogen and oxygen atoms in total. The summed E-state index contributed by atoms with van der Waals surface area (Å²) in [6.45, 7) is 1.09. The van der Waals surface area contributed by atoms with E-state index in [4.69, 9.17) is 10.5 Å². The van der Waals surface area contributed by atoms with Crippen molar-refractivity contribution in [2.45, 2.75) is 37.9 Å². The maximum Gasteiger partial charge on any atom is 0.258 e. The molecule has 2 atom stereocenters. The van der Waals surface area contributed by atoms with Gasteiger partial charge in [-0.25, -0.2) is 0 Å². The average molecular weight is 212 g/mol. The fraction of sp³-hybridized carbons (Fsp3) is 0.800. The van der Waals surface area contributed by atoms with Crippen LogP contribution >= 0.6 is 0 Å². The van der Waals surface area contributed by atoms with Gasteiger partial charge in [-0.3, -0.25) is 14.5 Å². The van der Waals surface area contributed by atoms with Gasteiger partial charge in [0.25, 0.3) is 11.8 Å². The van der Waals surface area contributed by atoms with E-state index in [-0.39, 0.29) is 24.0 Å². The second-order valence-corrected chi connectivity index (χ2v) is 4.01. The largest absolute Gasteiger partial charge is 0.355 e. The third-order valence-corrected chi connectivity index (χ3v) is 2.94. The SMILES string of the molecule is NCCCCN1C(=O)C2CCC(O2)C1=O. The highest BCUT2D eigenvalue weighted by molar-refractivity contribution is 6.02. The molecule has 0 aromatic heterocycles. The first kappa shape index (κ1) is 10.6. The van der Waals surface area contributed by atoms with E-state index in [9.17, 15) is 9.59 Å². The molecule has 0 aliphatic carbocycles. The highest BCUT2D eigenvalue weighted by Gasteiger charge is 2.45. The molecule has 2 amide bonds. The molecule has 84 valence electrons. The lowest BCUT2D eigenvalue weighted by atomic mass is 10.2. The molecule has 2 aliphatic rings. The highest BCUT2D eigenvalue weighted by atomic mass is 16.5. The molecule has 2 bridgehead atoms. The molecule has 0 saturated carbocycles. The molecule has 5 heteroatoms. The number of carbonyl (C=O) groups is 2. The predicted molar refractivity (Wildman–Crippen MR) is 52.9 cm³/mol. The monoisotopic (exact) mass is 212 g/mol. The lowest BCUT2D eigenvalue weighted by Crippen LogP contribution is -2.51. The maximum atomic E-state index is 11.7. The van der Waals surface area contributed by atoms with Gasteiger partial charge in [-0.1, -0.05) is 0 Å². The molecule has 0 aromatic carbocycles. The molecule has 2 N–H and O–H groups in total. The number of unbranched alkanes of at least 4 members (excludes halogenated alkanes) is 1. The number of carbonyl (C=O) groups excluding carboxylic acids is 2. The van der Waals surface area contributed by atoms with E-state index in [0.29, 0.717) is 25.9 Å². The Labute approximate surface area is 88.5 Å². The molecule has 2 fully saturated rings. The van der Waals surface area contributed by atoms with E-state index in [2.05, 4.69) is 0 Å². The third kappa shape index (κ3) is 1.89. The molecule has 2 saturated heterocycles. The van der Waals surface area contributed by atoms with Gasteiger partial charge in [-0.2, -0.15) is 0 Å². The van der Waals surface area contributed by atoms with Crippen LogP contribution in [-0.4, -0.2) is 42.0 Å². The van der Waals surface area contributed by atoms with Gasteiger partial charge in [-0.15, -0.1) is 0 Å². The Kier molecular flexibility index (Phi) is 3.02. The number of nitrogens with zero attached hydrogens (tertiary/aromatic N) is 1. The van der Waals surface area contributed by atoms with Crippen LogP contribution in [-0.2, 0) is 14.3 Å². The van der Waals surface area contributed by atoms with Crippen LogP contribution in [0.3, 0.4) is 0 Å². The number of morpholine rings is 1. The Bertz CT molecular complexity index is 258. The van der Waals surface area contributed by atoms with E-state index < -0.39 is 0 Å². The van der Waals surface area contributed by atoms with Crippen molar-refractivity contribution >= 4 is 11.8 Å². The van der Waals surface area contributed by atoms with Gasteiger partial charge in [0, 0.05) is 6.54 Å². The van der Waals surface area contributed by atoms with Crippen LogP contribution < -0.4 is 5.73 Å². The molecule has 0 aromatic rings. The lowest BCUT2D eigenvalue weighted by molar-refractivity contribution is -0.168. The fourth-order valence-electron chi connectivity index (χ4n) is 2.09. The summed E-state index contributed by atoms with van der Waals surface area (Å²) in [5.74, 6) is -0.323. The number of hydrogen-bond donors (Lipinski definition) is 1. The predicted octanol–water partition coefficient (Wildman–Crippen LogP) is -0.358. The molecular weight excluding hydrogens is 196 g/mol. The minimum Gasteiger partial charge on any atom is -0.355 e. The van der Waals surface area contributed by atoms with Gasteiger partial charge in [-0.05, 0) is 32.2 Å². The summed E-state index contributed by atoms with van der Waals surface area (Å²) in [5.41, 5.74) is 5.37. The molecule has 2 heterocycles. The quantitative estimate of drug-likeness (QED) is 0.510. The standard InChI is InChI=1S/C10H16N2O3/c11-5-1-2-6-12-9(13)7-3-4-8(15-7)10(12)14/h7-8H,1-6,11H2. The third-order valence-electron chi connectivity index (χ3n) is 2.94. The van der Waals surface area contributed by atoms with Crippen LogP contribution in [0.1, 0.15) is 25.7 Å². The summed E-state index contributed by atoms with van der Waals surface area (Å²) in [6.07, 6.45) is 2.25. The molecule has 2 unspecified atom stereocenters. The smallest absolute Gasteiger partial charge is 0.258 e. The first-order valence-electron chi connectivity index (χ1n) is 5.45. The lowest BCUT2D eigenvalue weighted by Gasteiger charge is -2.29. The zero-order valence-corrected chi connectivity index (χ0v) is 8.65. The zero-order chi connectivity index (χ0) is 10.8. The number of ether oxygens (including phenoxy) is 1. The van der Waals surface area contributed by atoms with Crippen molar-refractivity contribution in [2.24, 2.45) is 5.73 Å². The van der Waals surface area contributed by atoms with E-state index in [1.165, 1.54) is 4.90 Å². The summed E-state index contributed by atoms with van der Waals surface area (Å²) in [6, 6.07) is 0. The molecular formula is C10H16N2O3. The van der Waals surface area contributed by atoms with Crippen molar-refractivity contribution in [2.75, 3.05) is 13.1 Å². The summed E-state index contributed by atoms with van der Waals surface area (Å²) < 4.78 is 5.29. The summed E-state index contributed by atoms with van der Waals surface area (Å²) in [7, 11) is 0. The van der Waals surface area contributed by atoms with Gasteiger partial charge in [0.15, 0.2) is 0 Å². The Morgan fingerprint density at radius 2 is 1.80 bits per heavy atom. The van der Waals surface area contributed by atoms with E-state index in [1.54, 1.807) is 0 Å². The highest BCUT2D eigenvalue weighted by Crippen LogP contribution is 2.28. The van der Waals surface area contributed by atoms with Crippen LogP contribution in [0, 0.1) is 0 Å². The van der Waals surface area contributed by atoms with Gasteiger partial charge in [0.2, 0.25) is 0 Å². The van der Waals surface area contributed by atoms with E-state index in [0.717, 1.165) is 12.8 Å². The van der Waals surface area contributed by atoms with Crippen molar-refractivity contribution in [3.05, 3.63) is 0 Å². The van der Waals surface area contributed by atoms with Gasteiger partial charge >= 0.3 is 0 Å². The topological polar surface area (TPSA) is 72.6 Å². The first-order valence-corrected chi connectivity index (χ1v) is 5.45. The molecule has 2 rings (SSSR count). The summed E-state index contributed by atoms with van der Waals surface area (Å²) >= 11 is 0. The Balaban J connectivity index is 1.97. The Morgan fingerprint density at radius 1 is 1.20 bits per heavy atom. The molecule has 0 spiro atoms. The van der Waals surface area contributed by atoms with Crippen LogP contribution in [0.25, 0.3) is 0 Å². The van der Waals surface area contributed by atoms with E-state index >= 15 is 0 Å². The van der Waals surface area contributed by atoms with Crippen molar-refractivity contribution in [3.63, 3.8) is 0 Å². The summed E-state index contributed by atoms with van der Waals surface area (Å²) in [5, 5.41) is 0. The first-order chi connectivity index (χ1) is 7.24.